The first-order valence-electron chi connectivity index (χ1n) is 8.68. The molecule has 29 heavy (non-hydrogen) atoms. The predicted molar refractivity (Wildman–Crippen MR) is 99.5 cm³/mol. The lowest BCUT2D eigenvalue weighted by Crippen LogP contribution is -2.20. The van der Waals surface area contributed by atoms with Crippen LogP contribution in [0.3, 0.4) is 0 Å². The van der Waals surface area contributed by atoms with Crippen LogP contribution in [0.15, 0.2) is 41.3 Å². The van der Waals surface area contributed by atoms with Crippen LogP contribution in [0.25, 0.3) is 0 Å². The molecule has 3 rings (SSSR count). The highest BCUT2D eigenvalue weighted by molar-refractivity contribution is 5.60. The van der Waals surface area contributed by atoms with Gasteiger partial charge in [-0.1, -0.05) is 0 Å². The highest BCUT2D eigenvalue weighted by Crippen LogP contribution is 2.27. The quantitative estimate of drug-likeness (QED) is 0.619. The van der Waals surface area contributed by atoms with E-state index in [1.807, 2.05) is 0 Å². The number of hydrogen-bond acceptors (Lipinski definition) is 4. The van der Waals surface area contributed by atoms with E-state index in [1.165, 1.54) is 10.6 Å². The van der Waals surface area contributed by atoms with E-state index >= 15 is 0 Å². The molecule has 0 fully saturated rings. The van der Waals surface area contributed by atoms with Crippen LogP contribution >= 0.6 is 0 Å². The van der Waals surface area contributed by atoms with Gasteiger partial charge in [-0.15, -0.1) is 0 Å². The van der Waals surface area contributed by atoms with Crippen LogP contribution in [0.4, 0.5) is 29.2 Å². The molecular weight excluding hydrogens is 390 g/mol. The summed E-state index contributed by atoms with van der Waals surface area (Å²) in [6.07, 6.45) is 0.862. The van der Waals surface area contributed by atoms with Crippen LogP contribution in [0.1, 0.15) is 18.1 Å². The largest absolute Gasteiger partial charge is 0.491 e. The summed E-state index contributed by atoms with van der Waals surface area (Å²) in [4.78, 5) is 15.3. The van der Waals surface area contributed by atoms with Gasteiger partial charge in [-0.05, 0) is 43.2 Å². The molecule has 0 aliphatic heterocycles. The Kier molecular flexibility index (Phi) is 5.86. The summed E-state index contributed by atoms with van der Waals surface area (Å²) in [6.45, 7) is 3.50. The molecule has 5 nitrogen and oxygen atoms in total. The van der Waals surface area contributed by atoms with Gasteiger partial charge in [0.2, 0.25) is 11.8 Å². The van der Waals surface area contributed by atoms with Crippen molar-refractivity contribution >= 4 is 11.6 Å². The number of anilines is 2. The van der Waals surface area contributed by atoms with E-state index in [0.717, 1.165) is 24.4 Å². The SMILES string of the molecule is CCOc1cc(C)c(Nc2nc(=O)c(F)cn2Cc2cc(F)cc(F)c2)cc1F. The number of ether oxygens (including phenoxy) is 1. The maximum Gasteiger partial charge on any atom is 0.310 e. The Morgan fingerprint density at radius 2 is 1.72 bits per heavy atom. The molecule has 0 saturated heterocycles. The fourth-order valence-electron chi connectivity index (χ4n) is 2.76. The molecule has 1 aromatic heterocycles. The van der Waals surface area contributed by atoms with Crippen LogP contribution in [0.5, 0.6) is 5.75 Å². The van der Waals surface area contributed by atoms with Crippen molar-refractivity contribution in [3.63, 3.8) is 0 Å². The van der Waals surface area contributed by atoms with E-state index in [1.54, 1.807) is 13.8 Å². The normalized spacial score (nSPS) is 10.8. The minimum atomic E-state index is -1.14. The molecule has 2 aromatic carbocycles. The number of benzene rings is 2. The number of rotatable bonds is 6. The molecule has 1 N–H and O–H groups in total. The van der Waals surface area contributed by atoms with Crippen molar-refractivity contribution < 1.29 is 22.3 Å². The Morgan fingerprint density at radius 1 is 1.03 bits per heavy atom. The number of halogens is 4. The molecule has 3 aromatic rings. The number of aromatic nitrogens is 2. The molecular formula is C20H17F4N3O2. The molecule has 1 heterocycles. The first-order valence-corrected chi connectivity index (χ1v) is 8.68. The fraction of sp³-hybridized carbons (Fsp3) is 0.200. The molecule has 0 bridgehead atoms. The maximum atomic E-state index is 14.2. The monoisotopic (exact) mass is 407 g/mol. The van der Waals surface area contributed by atoms with Crippen molar-refractivity contribution in [2.45, 2.75) is 20.4 Å². The third kappa shape index (κ3) is 4.74. The molecule has 0 radical (unpaired) electrons. The molecule has 0 unspecified atom stereocenters. The van der Waals surface area contributed by atoms with Gasteiger partial charge in [0, 0.05) is 24.0 Å². The van der Waals surface area contributed by atoms with Gasteiger partial charge in [-0.3, -0.25) is 4.79 Å². The summed E-state index contributed by atoms with van der Waals surface area (Å²) >= 11 is 0. The number of nitrogens with zero attached hydrogens (tertiary/aromatic N) is 2. The van der Waals surface area contributed by atoms with E-state index in [-0.39, 0.29) is 36.1 Å². The van der Waals surface area contributed by atoms with Crippen LogP contribution < -0.4 is 15.6 Å². The van der Waals surface area contributed by atoms with Gasteiger partial charge in [0.25, 0.3) is 0 Å². The molecule has 0 aliphatic rings. The first-order chi connectivity index (χ1) is 13.8. The van der Waals surface area contributed by atoms with Crippen LogP contribution in [-0.2, 0) is 6.54 Å². The zero-order valence-electron chi connectivity index (χ0n) is 15.6. The highest BCUT2D eigenvalue weighted by Gasteiger charge is 2.14. The molecule has 0 saturated carbocycles. The third-order valence-electron chi connectivity index (χ3n) is 4.05. The topological polar surface area (TPSA) is 56.1 Å². The highest BCUT2D eigenvalue weighted by atomic mass is 19.1. The number of nitrogens with one attached hydrogen (secondary N) is 1. The Labute approximate surface area is 163 Å². The summed E-state index contributed by atoms with van der Waals surface area (Å²) in [6, 6.07) is 5.48. The van der Waals surface area contributed by atoms with Gasteiger partial charge in [0.1, 0.15) is 11.6 Å². The van der Waals surface area contributed by atoms with Crippen LogP contribution in [0, 0.1) is 30.2 Å². The average molecular weight is 407 g/mol. The lowest BCUT2D eigenvalue weighted by atomic mass is 10.2. The summed E-state index contributed by atoms with van der Waals surface area (Å²) in [5.41, 5.74) is -0.0939. The lowest BCUT2D eigenvalue weighted by molar-refractivity contribution is 0.321. The van der Waals surface area contributed by atoms with Crippen molar-refractivity contribution in [1.82, 2.24) is 9.55 Å². The zero-order valence-corrected chi connectivity index (χ0v) is 15.6. The van der Waals surface area contributed by atoms with Crippen LogP contribution in [-0.4, -0.2) is 16.2 Å². The van der Waals surface area contributed by atoms with E-state index < -0.39 is 28.8 Å². The van der Waals surface area contributed by atoms with E-state index in [9.17, 15) is 22.4 Å². The Bertz CT molecular complexity index is 1100. The summed E-state index contributed by atoms with van der Waals surface area (Å²) in [5.74, 6) is -3.42. The average Bonchev–Trinajstić information content (AvgIpc) is 2.62. The van der Waals surface area contributed by atoms with Gasteiger partial charge in [-0.2, -0.15) is 9.37 Å². The van der Waals surface area contributed by atoms with Crippen molar-refractivity contribution in [3.8, 4) is 5.75 Å². The van der Waals surface area contributed by atoms with Crippen molar-refractivity contribution in [2.75, 3.05) is 11.9 Å². The lowest BCUT2D eigenvalue weighted by Gasteiger charge is -2.16. The van der Waals surface area contributed by atoms with Crippen molar-refractivity contribution in [3.05, 3.63) is 81.3 Å². The Hall–Kier alpha value is -3.36. The number of hydrogen-bond donors (Lipinski definition) is 1. The molecule has 9 heteroatoms. The van der Waals surface area contributed by atoms with Crippen LogP contribution in [0.2, 0.25) is 0 Å². The first kappa shape index (κ1) is 20.4. The van der Waals surface area contributed by atoms with Gasteiger partial charge in [0.15, 0.2) is 11.6 Å². The minimum absolute atomic E-state index is 0.0650. The van der Waals surface area contributed by atoms with Gasteiger partial charge >= 0.3 is 5.56 Å². The summed E-state index contributed by atoms with van der Waals surface area (Å²) in [5, 5.41) is 2.77. The summed E-state index contributed by atoms with van der Waals surface area (Å²) in [7, 11) is 0. The minimum Gasteiger partial charge on any atom is -0.491 e. The van der Waals surface area contributed by atoms with Crippen molar-refractivity contribution in [1.29, 1.82) is 0 Å². The zero-order chi connectivity index (χ0) is 21.1. The molecule has 0 aliphatic carbocycles. The second kappa shape index (κ2) is 8.34. The fourth-order valence-corrected chi connectivity index (χ4v) is 2.76. The molecule has 0 atom stereocenters. The molecule has 0 amide bonds. The molecule has 152 valence electrons. The summed E-state index contributed by atoms with van der Waals surface area (Å²) < 4.78 is 61.3. The Balaban J connectivity index is 2.00. The van der Waals surface area contributed by atoms with E-state index in [0.29, 0.717) is 11.6 Å². The standard InChI is InChI=1S/C20H17F4N3O2/c1-3-29-18-4-11(2)17(8-15(18)23)25-20-26-19(28)16(24)10-27(20)9-12-5-13(21)7-14(22)6-12/h4-8,10H,3,9H2,1-2H3,(H,25,26,28). The third-order valence-corrected chi connectivity index (χ3v) is 4.05. The Morgan fingerprint density at radius 3 is 2.38 bits per heavy atom. The maximum absolute atomic E-state index is 14.2. The van der Waals surface area contributed by atoms with Gasteiger partial charge in [0.05, 0.1) is 13.2 Å². The molecule has 0 spiro atoms. The van der Waals surface area contributed by atoms with E-state index in [2.05, 4.69) is 10.3 Å². The second-order valence-electron chi connectivity index (χ2n) is 6.28. The van der Waals surface area contributed by atoms with Gasteiger partial charge < -0.3 is 14.6 Å². The second-order valence-corrected chi connectivity index (χ2v) is 6.28. The van der Waals surface area contributed by atoms with Crippen molar-refractivity contribution in [2.24, 2.45) is 0 Å². The number of aryl methyl sites for hydroxylation is 1. The van der Waals surface area contributed by atoms with Gasteiger partial charge in [-0.25, -0.2) is 13.2 Å². The van der Waals surface area contributed by atoms with E-state index in [4.69, 9.17) is 4.74 Å². The smallest absolute Gasteiger partial charge is 0.310 e. The predicted octanol–water partition coefficient (Wildman–Crippen LogP) is 4.30.